The summed E-state index contributed by atoms with van der Waals surface area (Å²) in [5.41, 5.74) is 7.40. The van der Waals surface area contributed by atoms with Crippen molar-refractivity contribution in [2.75, 3.05) is 0 Å². The van der Waals surface area contributed by atoms with Gasteiger partial charge < -0.3 is 15.5 Å². The number of rotatable bonds is 2. The van der Waals surface area contributed by atoms with Crippen molar-refractivity contribution in [3.8, 4) is 11.4 Å². The van der Waals surface area contributed by atoms with Crippen LogP contribution in [0.4, 0.5) is 0 Å². The van der Waals surface area contributed by atoms with Crippen molar-refractivity contribution >= 4 is 22.8 Å². The normalized spacial score (nSPS) is 10.5. The average molecular weight is 280 g/mol. The monoisotopic (exact) mass is 280 g/mol. The Morgan fingerprint density at radius 2 is 1.95 bits per heavy atom. The number of aromatic nitrogens is 3. The fourth-order valence-corrected chi connectivity index (χ4v) is 2.05. The van der Waals surface area contributed by atoms with Crippen LogP contribution in [0.3, 0.4) is 0 Å². The molecule has 21 heavy (non-hydrogen) atoms. The second kappa shape index (κ2) is 5.04. The maximum Gasteiger partial charge on any atom is 0.285 e. The zero-order valence-corrected chi connectivity index (χ0v) is 10.9. The Labute approximate surface area is 119 Å². The zero-order valence-electron chi connectivity index (χ0n) is 10.9. The van der Waals surface area contributed by atoms with Gasteiger partial charge in [0, 0.05) is 40.6 Å². The van der Waals surface area contributed by atoms with Crippen molar-refractivity contribution in [2.24, 2.45) is 5.73 Å². The number of amidine groups is 1. The first-order valence-electron chi connectivity index (χ1n) is 6.14. The third kappa shape index (κ3) is 2.44. The van der Waals surface area contributed by atoms with Crippen molar-refractivity contribution in [3.63, 3.8) is 0 Å². The molecule has 2 heterocycles. The van der Waals surface area contributed by atoms with E-state index in [2.05, 4.69) is 15.0 Å². The number of hydrogen-bond donors (Lipinski definition) is 4. The fraction of sp³-hybridized carbons (Fsp3) is 0. The van der Waals surface area contributed by atoms with Crippen LogP contribution in [0.1, 0.15) is 5.56 Å². The lowest BCUT2D eigenvalue weighted by Crippen LogP contribution is -2.19. The van der Waals surface area contributed by atoms with Crippen LogP contribution in [0.5, 0.6) is 0 Å². The third-order valence-corrected chi connectivity index (χ3v) is 2.96. The Balaban J connectivity index is 2.08. The van der Waals surface area contributed by atoms with Crippen molar-refractivity contribution in [1.82, 2.24) is 15.0 Å². The molecule has 0 saturated heterocycles. The Bertz CT molecular complexity index is 824. The van der Waals surface area contributed by atoms with Gasteiger partial charge >= 0.3 is 0 Å². The molecule has 0 fully saturated rings. The molecule has 3 aromatic rings. The minimum Gasteiger partial charge on any atom is -0.407 e. The number of nitrogens with one attached hydrogen (secondary N) is 3. The summed E-state index contributed by atoms with van der Waals surface area (Å²) in [6.45, 7) is 0. The lowest BCUT2D eigenvalue weighted by molar-refractivity contribution is 0.527. The largest absolute Gasteiger partial charge is 0.407 e. The minimum atomic E-state index is -0.513. The van der Waals surface area contributed by atoms with Gasteiger partial charge in [-0.3, -0.25) is 10.8 Å². The van der Waals surface area contributed by atoms with E-state index in [1.807, 2.05) is 12.3 Å². The molecule has 0 amide bonds. The summed E-state index contributed by atoms with van der Waals surface area (Å²) in [7, 11) is 0. The van der Waals surface area contributed by atoms with Gasteiger partial charge in [0.05, 0.1) is 0 Å². The van der Waals surface area contributed by atoms with E-state index in [0.717, 1.165) is 16.5 Å². The molecule has 7 nitrogen and oxygen atoms in total. The molecule has 0 aliphatic rings. The van der Waals surface area contributed by atoms with E-state index in [9.17, 15) is 0 Å². The van der Waals surface area contributed by atoms with Crippen LogP contribution in [-0.4, -0.2) is 26.9 Å². The number of ether oxygens (including phenoxy) is 1. The van der Waals surface area contributed by atoms with Crippen molar-refractivity contribution in [3.05, 3.63) is 48.4 Å². The van der Waals surface area contributed by atoms with Gasteiger partial charge in [-0.2, -0.15) is 0 Å². The topological polar surface area (TPSA) is 125 Å². The van der Waals surface area contributed by atoms with E-state index in [1.165, 1.54) is 0 Å². The van der Waals surface area contributed by atoms with Gasteiger partial charge in [0.1, 0.15) is 0 Å². The lowest BCUT2D eigenvalue weighted by atomic mass is 10.1. The van der Waals surface area contributed by atoms with Crippen LogP contribution in [0.2, 0.25) is 0 Å². The van der Waals surface area contributed by atoms with Gasteiger partial charge in [-0.15, -0.1) is 0 Å². The van der Waals surface area contributed by atoms with E-state index < -0.39 is 6.02 Å². The first-order chi connectivity index (χ1) is 10.1. The van der Waals surface area contributed by atoms with Gasteiger partial charge in [-0.25, -0.2) is 9.97 Å². The van der Waals surface area contributed by atoms with Crippen molar-refractivity contribution in [1.29, 1.82) is 10.8 Å². The molecule has 0 aliphatic heterocycles. The minimum absolute atomic E-state index is 0.175. The van der Waals surface area contributed by atoms with Crippen LogP contribution in [0.25, 0.3) is 22.3 Å². The SMILES string of the molecule is N=C(N)OC(=N)c1ccc2[nH]cc(-c3ncccn3)c2c1. The number of H-pyrrole nitrogens is 1. The molecule has 0 radical (unpaired) electrons. The molecule has 7 heteroatoms. The lowest BCUT2D eigenvalue weighted by Gasteiger charge is -2.05. The summed E-state index contributed by atoms with van der Waals surface area (Å²) < 4.78 is 4.81. The summed E-state index contributed by atoms with van der Waals surface area (Å²) >= 11 is 0. The summed E-state index contributed by atoms with van der Waals surface area (Å²) in [5, 5.41) is 15.7. The molecule has 0 unspecified atom stereocenters. The third-order valence-electron chi connectivity index (χ3n) is 2.96. The highest BCUT2D eigenvalue weighted by atomic mass is 16.5. The van der Waals surface area contributed by atoms with E-state index >= 15 is 0 Å². The highest BCUT2D eigenvalue weighted by Gasteiger charge is 2.11. The van der Waals surface area contributed by atoms with Gasteiger partial charge in [-0.1, -0.05) is 0 Å². The molecule has 0 aliphatic carbocycles. The molecule has 0 spiro atoms. The van der Waals surface area contributed by atoms with Gasteiger partial charge in [0.25, 0.3) is 6.02 Å². The Morgan fingerprint density at radius 3 is 2.67 bits per heavy atom. The number of benzene rings is 1. The highest BCUT2D eigenvalue weighted by Crippen LogP contribution is 2.26. The standard InChI is InChI=1S/C14H12N6O/c15-12(21-14(16)17)8-2-3-11-9(6-8)10(7-20-11)13-18-4-1-5-19-13/h1-7,15,20H,(H3,16,17). The van der Waals surface area contributed by atoms with Crippen LogP contribution < -0.4 is 5.73 Å². The number of hydrogen-bond acceptors (Lipinski definition) is 5. The predicted molar refractivity (Wildman–Crippen MR) is 79.2 cm³/mol. The first-order valence-corrected chi connectivity index (χ1v) is 6.14. The van der Waals surface area contributed by atoms with Crippen LogP contribution in [0, 0.1) is 10.8 Å². The van der Waals surface area contributed by atoms with Crippen LogP contribution in [0.15, 0.2) is 42.9 Å². The maximum absolute atomic E-state index is 7.78. The summed E-state index contributed by atoms with van der Waals surface area (Å²) in [4.78, 5) is 11.6. The molecule has 0 atom stereocenters. The Kier molecular flexibility index (Phi) is 3.07. The maximum atomic E-state index is 7.78. The number of nitrogens with two attached hydrogens (primary N) is 1. The van der Waals surface area contributed by atoms with E-state index in [4.69, 9.17) is 21.3 Å². The number of nitrogens with zero attached hydrogens (tertiary/aromatic N) is 2. The van der Waals surface area contributed by atoms with Crippen molar-refractivity contribution < 1.29 is 4.74 Å². The summed E-state index contributed by atoms with van der Waals surface area (Å²) in [6.07, 6.45) is 5.16. The second-order valence-corrected chi connectivity index (χ2v) is 4.33. The average Bonchev–Trinajstić information content (AvgIpc) is 2.90. The number of fused-ring (bicyclic) bond motifs is 1. The van der Waals surface area contributed by atoms with E-state index in [-0.39, 0.29) is 5.90 Å². The van der Waals surface area contributed by atoms with Crippen molar-refractivity contribution in [2.45, 2.75) is 0 Å². The van der Waals surface area contributed by atoms with E-state index in [1.54, 1.807) is 30.6 Å². The molecule has 5 N–H and O–H groups in total. The Hall–Kier alpha value is -3.22. The van der Waals surface area contributed by atoms with Gasteiger partial charge in [0.15, 0.2) is 5.82 Å². The summed E-state index contributed by atoms with van der Waals surface area (Å²) in [6, 6.07) is 6.57. The molecule has 1 aromatic carbocycles. The molecule has 104 valence electrons. The van der Waals surface area contributed by atoms with Gasteiger partial charge in [-0.05, 0) is 24.3 Å². The molecule has 3 rings (SSSR count). The second-order valence-electron chi connectivity index (χ2n) is 4.33. The zero-order chi connectivity index (χ0) is 14.8. The first kappa shape index (κ1) is 12.8. The number of aromatic amines is 1. The summed E-state index contributed by atoms with van der Waals surface area (Å²) in [5.74, 6) is 0.422. The molecule has 0 saturated carbocycles. The molecule has 0 bridgehead atoms. The smallest absolute Gasteiger partial charge is 0.285 e. The van der Waals surface area contributed by atoms with E-state index in [0.29, 0.717) is 11.4 Å². The van der Waals surface area contributed by atoms with Crippen LogP contribution >= 0.6 is 0 Å². The Morgan fingerprint density at radius 1 is 1.19 bits per heavy atom. The highest BCUT2D eigenvalue weighted by molar-refractivity contribution is 6.03. The molecule has 2 aromatic heterocycles. The fourth-order valence-electron chi connectivity index (χ4n) is 2.05. The predicted octanol–water partition coefficient (Wildman–Crippen LogP) is 1.86. The van der Waals surface area contributed by atoms with Gasteiger partial charge in [0.2, 0.25) is 5.90 Å². The van der Waals surface area contributed by atoms with Crippen LogP contribution in [-0.2, 0) is 4.74 Å². The molecular formula is C14H12N6O. The quantitative estimate of drug-likeness (QED) is 0.422. The molecular weight excluding hydrogens is 268 g/mol.